The van der Waals surface area contributed by atoms with E-state index in [0.717, 1.165) is 30.5 Å². The molecule has 1 heterocycles. The van der Waals surface area contributed by atoms with Gasteiger partial charge in [0.15, 0.2) is 0 Å². The average molecular weight is 369 g/mol. The summed E-state index contributed by atoms with van der Waals surface area (Å²) in [6.07, 6.45) is -1.19. The molecule has 1 saturated heterocycles. The summed E-state index contributed by atoms with van der Waals surface area (Å²) in [4.78, 5) is 25.2. The van der Waals surface area contributed by atoms with E-state index in [-0.39, 0.29) is 30.1 Å². The van der Waals surface area contributed by atoms with Gasteiger partial charge in [-0.05, 0) is 55.2 Å². The minimum atomic E-state index is -4.35. The van der Waals surface area contributed by atoms with E-state index in [1.165, 1.54) is 12.1 Å². The maximum absolute atomic E-state index is 12.7. The van der Waals surface area contributed by atoms with Crippen LogP contribution in [0.5, 0.6) is 0 Å². The summed E-state index contributed by atoms with van der Waals surface area (Å²) in [5.74, 6) is -0.728. The number of rotatable bonds is 5. The predicted molar refractivity (Wildman–Crippen MR) is 88.5 cm³/mol. The fourth-order valence-electron chi connectivity index (χ4n) is 3.82. The summed E-state index contributed by atoms with van der Waals surface area (Å²) >= 11 is 0. The maximum Gasteiger partial charge on any atom is 0.416 e. The van der Waals surface area contributed by atoms with E-state index in [1.54, 1.807) is 0 Å². The zero-order chi connectivity index (χ0) is 18.9. The molecule has 2 fully saturated rings. The van der Waals surface area contributed by atoms with Gasteiger partial charge in [-0.3, -0.25) is 9.59 Å². The Balaban J connectivity index is 1.56. The zero-order valence-electron chi connectivity index (χ0n) is 14.3. The van der Waals surface area contributed by atoms with Crippen LogP contribution in [0.1, 0.15) is 49.1 Å². The summed E-state index contributed by atoms with van der Waals surface area (Å²) in [7, 11) is 0. The molecule has 142 valence electrons. The molecule has 1 aliphatic carbocycles. The fraction of sp³-hybridized carbons (Fsp3) is 0.579. The molecule has 0 spiro atoms. The van der Waals surface area contributed by atoms with Gasteiger partial charge in [-0.1, -0.05) is 12.1 Å². The van der Waals surface area contributed by atoms with E-state index < -0.39 is 17.7 Å². The van der Waals surface area contributed by atoms with Gasteiger partial charge in [-0.2, -0.15) is 13.2 Å². The highest BCUT2D eigenvalue weighted by molar-refractivity contribution is 5.83. The van der Waals surface area contributed by atoms with Crippen LogP contribution in [0.15, 0.2) is 24.3 Å². The molecular formula is C19H22F3NO3. The van der Waals surface area contributed by atoms with E-state index in [4.69, 9.17) is 5.11 Å². The number of nitrogens with zero attached hydrogens (tertiary/aromatic N) is 1. The summed E-state index contributed by atoms with van der Waals surface area (Å²) < 4.78 is 37.9. The van der Waals surface area contributed by atoms with Crippen LogP contribution in [-0.4, -0.2) is 35.0 Å². The molecule has 3 unspecified atom stereocenters. The standard InChI is InChI=1S/C19H22F3NO3/c20-19(21,22)14-6-4-13(5-7-14)15-10-16(15)18(26)23-9-1-2-12(11-23)3-8-17(24)25/h4-7,12,15-16H,1-3,8-11H2,(H,24,25). The first-order chi connectivity index (χ1) is 12.3. The van der Waals surface area contributed by atoms with Gasteiger partial charge in [-0.15, -0.1) is 0 Å². The Labute approximate surface area is 150 Å². The molecule has 3 rings (SSSR count). The first-order valence-electron chi connectivity index (χ1n) is 8.93. The van der Waals surface area contributed by atoms with Crippen LogP contribution >= 0.6 is 0 Å². The number of piperidine rings is 1. The number of benzene rings is 1. The number of carboxylic acid groups (broad SMARTS) is 1. The van der Waals surface area contributed by atoms with Crippen LogP contribution in [0, 0.1) is 11.8 Å². The predicted octanol–water partition coefficient (Wildman–Crippen LogP) is 3.91. The number of hydrogen-bond donors (Lipinski definition) is 1. The Bertz CT molecular complexity index is 672. The lowest BCUT2D eigenvalue weighted by atomic mass is 9.93. The van der Waals surface area contributed by atoms with Gasteiger partial charge in [0.25, 0.3) is 0 Å². The molecule has 1 aromatic rings. The van der Waals surface area contributed by atoms with Crippen molar-refractivity contribution >= 4 is 11.9 Å². The molecule has 0 radical (unpaired) electrons. The molecule has 4 nitrogen and oxygen atoms in total. The molecule has 1 aromatic carbocycles. The number of carboxylic acids is 1. The number of alkyl halides is 3. The van der Waals surface area contributed by atoms with Crippen LogP contribution in [0.25, 0.3) is 0 Å². The Hall–Kier alpha value is -2.05. The molecule has 0 aromatic heterocycles. The van der Waals surface area contributed by atoms with Crippen molar-refractivity contribution in [3.05, 3.63) is 35.4 Å². The number of amides is 1. The molecule has 26 heavy (non-hydrogen) atoms. The monoisotopic (exact) mass is 369 g/mol. The molecule has 2 aliphatic rings. The summed E-state index contributed by atoms with van der Waals surface area (Å²) in [5.41, 5.74) is 0.0952. The van der Waals surface area contributed by atoms with E-state index in [9.17, 15) is 22.8 Å². The van der Waals surface area contributed by atoms with E-state index in [2.05, 4.69) is 0 Å². The van der Waals surface area contributed by atoms with Gasteiger partial charge in [0, 0.05) is 25.4 Å². The van der Waals surface area contributed by atoms with Crippen LogP contribution < -0.4 is 0 Å². The highest BCUT2D eigenvalue weighted by Crippen LogP contribution is 2.49. The minimum Gasteiger partial charge on any atom is -0.481 e. The number of carbonyl (C=O) groups excluding carboxylic acids is 1. The van der Waals surface area contributed by atoms with Crippen molar-refractivity contribution in [2.45, 2.75) is 44.2 Å². The molecule has 7 heteroatoms. The largest absolute Gasteiger partial charge is 0.481 e. The van der Waals surface area contributed by atoms with Crippen molar-refractivity contribution in [2.75, 3.05) is 13.1 Å². The normalized spacial score (nSPS) is 25.8. The number of halogens is 3. The highest BCUT2D eigenvalue weighted by atomic mass is 19.4. The lowest BCUT2D eigenvalue weighted by molar-refractivity contribution is -0.138. The van der Waals surface area contributed by atoms with E-state index >= 15 is 0 Å². The third kappa shape index (κ3) is 4.37. The van der Waals surface area contributed by atoms with E-state index in [1.807, 2.05) is 4.90 Å². The van der Waals surface area contributed by atoms with Crippen molar-refractivity contribution < 1.29 is 27.9 Å². The van der Waals surface area contributed by atoms with Crippen molar-refractivity contribution in [2.24, 2.45) is 11.8 Å². The number of aliphatic carboxylic acids is 1. The maximum atomic E-state index is 12.7. The second-order valence-electron chi connectivity index (χ2n) is 7.29. The third-order valence-corrected chi connectivity index (χ3v) is 5.37. The number of carbonyl (C=O) groups is 2. The molecule has 1 N–H and O–H groups in total. The van der Waals surface area contributed by atoms with Crippen molar-refractivity contribution in [1.82, 2.24) is 4.90 Å². The van der Waals surface area contributed by atoms with E-state index in [0.29, 0.717) is 25.9 Å². The van der Waals surface area contributed by atoms with Crippen LogP contribution in [0.2, 0.25) is 0 Å². The molecule has 1 amide bonds. The minimum absolute atomic E-state index is 0.0100. The van der Waals surface area contributed by atoms with Gasteiger partial charge in [0.1, 0.15) is 0 Å². The summed E-state index contributed by atoms with van der Waals surface area (Å²) in [5, 5.41) is 8.80. The van der Waals surface area contributed by atoms with Crippen molar-refractivity contribution in [1.29, 1.82) is 0 Å². The average Bonchev–Trinajstić information content (AvgIpc) is 3.39. The quantitative estimate of drug-likeness (QED) is 0.856. The zero-order valence-corrected chi connectivity index (χ0v) is 14.3. The summed E-state index contributed by atoms with van der Waals surface area (Å²) in [6, 6.07) is 5.06. The first kappa shape index (κ1) is 18.7. The Morgan fingerprint density at radius 2 is 1.88 bits per heavy atom. The first-order valence-corrected chi connectivity index (χ1v) is 8.93. The van der Waals surface area contributed by atoms with Crippen molar-refractivity contribution in [3.63, 3.8) is 0 Å². The topological polar surface area (TPSA) is 57.6 Å². The van der Waals surface area contributed by atoms with Gasteiger partial charge in [0.2, 0.25) is 5.91 Å². The molecule has 0 bridgehead atoms. The third-order valence-electron chi connectivity index (χ3n) is 5.37. The Morgan fingerprint density at radius 3 is 2.50 bits per heavy atom. The Morgan fingerprint density at radius 1 is 1.19 bits per heavy atom. The molecular weight excluding hydrogens is 347 g/mol. The SMILES string of the molecule is O=C(O)CCC1CCCN(C(=O)C2CC2c2ccc(C(F)(F)F)cc2)C1. The smallest absolute Gasteiger partial charge is 0.416 e. The molecule has 1 aliphatic heterocycles. The number of hydrogen-bond acceptors (Lipinski definition) is 2. The number of likely N-dealkylation sites (tertiary alicyclic amines) is 1. The second-order valence-corrected chi connectivity index (χ2v) is 7.29. The van der Waals surface area contributed by atoms with Crippen LogP contribution in [-0.2, 0) is 15.8 Å². The second kappa shape index (κ2) is 7.29. The van der Waals surface area contributed by atoms with Gasteiger partial charge < -0.3 is 10.0 Å². The fourth-order valence-corrected chi connectivity index (χ4v) is 3.82. The lowest BCUT2D eigenvalue weighted by Crippen LogP contribution is -2.41. The molecule has 1 saturated carbocycles. The highest BCUT2D eigenvalue weighted by Gasteiger charge is 2.46. The van der Waals surface area contributed by atoms with Crippen LogP contribution in [0.3, 0.4) is 0 Å². The molecule has 3 atom stereocenters. The van der Waals surface area contributed by atoms with Gasteiger partial charge in [-0.25, -0.2) is 0 Å². The lowest BCUT2D eigenvalue weighted by Gasteiger charge is -2.33. The summed E-state index contributed by atoms with van der Waals surface area (Å²) in [6.45, 7) is 1.26. The Kier molecular flexibility index (Phi) is 5.25. The van der Waals surface area contributed by atoms with Crippen LogP contribution in [0.4, 0.5) is 13.2 Å². The van der Waals surface area contributed by atoms with Gasteiger partial charge >= 0.3 is 12.1 Å². The van der Waals surface area contributed by atoms with Gasteiger partial charge in [0.05, 0.1) is 5.56 Å². The van der Waals surface area contributed by atoms with Crippen molar-refractivity contribution in [3.8, 4) is 0 Å².